The molecule has 3 nitrogen and oxygen atoms in total. The van der Waals surface area contributed by atoms with Gasteiger partial charge in [0.1, 0.15) is 11.5 Å². The normalized spacial score (nSPS) is 12.1. The van der Waals surface area contributed by atoms with Crippen molar-refractivity contribution in [1.82, 2.24) is 4.57 Å². The lowest BCUT2D eigenvalue weighted by Gasteiger charge is -2.34. The topological polar surface area (TPSA) is 38.0 Å². The summed E-state index contributed by atoms with van der Waals surface area (Å²) in [5.74, 6) is 1.70. The molecule has 0 spiro atoms. The van der Waals surface area contributed by atoms with E-state index in [9.17, 15) is 5.26 Å². The summed E-state index contributed by atoms with van der Waals surface area (Å²) < 4.78 is 9.65. The van der Waals surface area contributed by atoms with E-state index >= 15 is 0 Å². The SMILES string of the molecule is N#Cc1ccc(-c2cc3c4c(c2)-n2c5ccc(-c6ccccc6-c6ccccc6)cc5c5cc(-c6ccccc6-c6ccccc6)cc(c52)B4c2ccc(-c4ccccc4)cc2O3)cc1. The first kappa shape index (κ1) is 37.0. The molecule has 65 heavy (non-hydrogen) atoms. The molecule has 0 fully saturated rings. The number of ether oxygens (including phenoxy) is 1. The molecule has 13 rings (SSSR count). The van der Waals surface area contributed by atoms with Crippen LogP contribution in [0.25, 0.3) is 94.3 Å². The molecule has 10 aromatic carbocycles. The standard InChI is InChI=1S/C61H37BN2O/c63-38-39-24-26-41(27-25-39)46-35-57-60-59(37-46)65-58-36-44(40-14-4-1-5-15-40)28-30-54(58)62(60)55-34-47(51-23-13-11-21-49(51)43-18-8-3-9-19-43)33-53-52-32-45(29-31-56(52)64(57)61(53)55)50-22-12-10-20-48(50)42-16-6-2-7-17-42/h1-37H. The first-order valence-corrected chi connectivity index (χ1v) is 22.2. The van der Waals surface area contributed by atoms with Crippen LogP contribution in [0.3, 0.4) is 0 Å². The maximum Gasteiger partial charge on any atom is 0.256 e. The molecular weight excluding hydrogens is 787 g/mol. The Morgan fingerprint density at radius 2 is 0.908 bits per heavy atom. The Morgan fingerprint density at radius 1 is 0.385 bits per heavy atom. The van der Waals surface area contributed by atoms with E-state index in [1.54, 1.807) is 0 Å². The Kier molecular flexibility index (Phi) is 8.38. The van der Waals surface area contributed by atoms with Crippen LogP contribution in [0.1, 0.15) is 5.56 Å². The summed E-state index contributed by atoms with van der Waals surface area (Å²) in [6, 6.07) is 82.9. The third-order valence-corrected chi connectivity index (χ3v) is 13.5. The number of fused-ring (bicyclic) bond motifs is 7. The van der Waals surface area contributed by atoms with Gasteiger partial charge in [-0.2, -0.15) is 5.26 Å². The lowest BCUT2D eigenvalue weighted by molar-refractivity contribution is 0.487. The molecule has 0 saturated heterocycles. The summed E-state index contributed by atoms with van der Waals surface area (Å²) in [6.45, 7) is -0.106. The fraction of sp³-hybridized carbons (Fsp3) is 0. The molecular formula is C61H37BN2O. The van der Waals surface area contributed by atoms with E-state index in [4.69, 9.17) is 4.74 Å². The summed E-state index contributed by atoms with van der Waals surface area (Å²) >= 11 is 0. The summed E-state index contributed by atoms with van der Waals surface area (Å²) in [4.78, 5) is 0. The predicted octanol–water partition coefficient (Wildman–Crippen LogP) is 13.6. The Bertz CT molecular complexity index is 3740. The van der Waals surface area contributed by atoms with Crippen LogP contribution >= 0.6 is 0 Å². The van der Waals surface area contributed by atoms with Crippen LogP contribution in [-0.4, -0.2) is 11.3 Å². The average Bonchev–Trinajstić information content (AvgIpc) is 3.71. The van der Waals surface area contributed by atoms with E-state index in [1.807, 2.05) is 24.3 Å². The van der Waals surface area contributed by atoms with E-state index in [-0.39, 0.29) is 6.71 Å². The molecule has 0 radical (unpaired) electrons. The Labute approximate surface area is 377 Å². The van der Waals surface area contributed by atoms with Crippen LogP contribution in [0.4, 0.5) is 0 Å². The zero-order valence-electron chi connectivity index (χ0n) is 35.2. The molecule has 0 unspecified atom stereocenters. The van der Waals surface area contributed by atoms with Gasteiger partial charge in [-0.1, -0.05) is 176 Å². The van der Waals surface area contributed by atoms with E-state index in [0.29, 0.717) is 5.56 Å². The quantitative estimate of drug-likeness (QED) is 0.157. The van der Waals surface area contributed by atoms with Gasteiger partial charge in [0.25, 0.3) is 6.71 Å². The summed E-state index contributed by atoms with van der Waals surface area (Å²) in [7, 11) is 0. The van der Waals surface area contributed by atoms with Gasteiger partial charge >= 0.3 is 0 Å². The number of hydrogen-bond donors (Lipinski definition) is 0. The van der Waals surface area contributed by atoms with Crippen molar-refractivity contribution < 1.29 is 4.74 Å². The van der Waals surface area contributed by atoms with Gasteiger partial charge in [0, 0.05) is 22.0 Å². The van der Waals surface area contributed by atoms with Gasteiger partial charge in [-0.05, 0) is 132 Å². The maximum absolute atomic E-state index is 9.69. The molecule has 4 heteroatoms. The number of hydrogen-bond acceptors (Lipinski definition) is 2. The van der Waals surface area contributed by atoms with Crippen molar-refractivity contribution in [2.45, 2.75) is 0 Å². The van der Waals surface area contributed by atoms with Crippen molar-refractivity contribution in [2.75, 3.05) is 0 Å². The highest BCUT2D eigenvalue weighted by Gasteiger charge is 2.41. The number of nitriles is 1. The fourth-order valence-corrected chi connectivity index (χ4v) is 10.5. The lowest BCUT2D eigenvalue weighted by atomic mass is 9.34. The van der Waals surface area contributed by atoms with E-state index in [1.165, 1.54) is 66.3 Å². The minimum atomic E-state index is -0.106. The fourth-order valence-electron chi connectivity index (χ4n) is 10.5. The van der Waals surface area contributed by atoms with Crippen molar-refractivity contribution in [3.05, 3.63) is 230 Å². The Hall–Kier alpha value is -8.65. The predicted molar refractivity (Wildman–Crippen MR) is 269 cm³/mol. The van der Waals surface area contributed by atoms with Crippen LogP contribution < -0.4 is 21.1 Å². The zero-order chi connectivity index (χ0) is 43.0. The molecule has 0 aliphatic carbocycles. The van der Waals surface area contributed by atoms with Crippen molar-refractivity contribution in [2.24, 2.45) is 0 Å². The molecule has 0 N–H and O–H groups in total. The van der Waals surface area contributed by atoms with Crippen LogP contribution in [0.2, 0.25) is 0 Å². The second kappa shape index (κ2) is 14.7. The monoisotopic (exact) mass is 824 g/mol. The zero-order valence-corrected chi connectivity index (χ0v) is 35.2. The van der Waals surface area contributed by atoms with Crippen molar-refractivity contribution >= 4 is 44.9 Å². The minimum Gasteiger partial charge on any atom is -0.458 e. The number of benzene rings is 10. The maximum atomic E-state index is 9.69. The summed E-state index contributed by atoms with van der Waals surface area (Å²) in [5.41, 5.74) is 21.5. The van der Waals surface area contributed by atoms with Gasteiger partial charge in [-0.3, -0.25) is 0 Å². The van der Waals surface area contributed by atoms with E-state index in [0.717, 1.165) is 55.9 Å². The van der Waals surface area contributed by atoms with Crippen molar-refractivity contribution in [3.63, 3.8) is 0 Å². The van der Waals surface area contributed by atoms with Gasteiger partial charge in [-0.15, -0.1) is 0 Å². The highest BCUT2D eigenvalue weighted by atomic mass is 16.5. The summed E-state index contributed by atoms with van der Waals surface area (Å²) in [6.07, 6.45) is 0. The van der Waals surface area contributed by atoms with Gasteiger partial charge < -0.3 is 9.30 Å². The van der Waals surface area contributed by atoms with E-state index in [2.05, 4.69) is 211 Å². The number of nitrogens with zero attached hydrogens (tertiary/aromatic N) is 2. The van der Waals surface area contributed by atoms with Crippen LogP contribution in [-0.2, 0) is 0 Å². The smallest absolute Gasteiger partial charge is 0.256 e. The second-order valence-electron chi connectivity index (χ2n) is 17.1. The molecule has 300 valence electrons. The average molecular weight is 825 g/mol. The largest absolute Gasteiger partial charge is 0.458 e. The molecule has 0 amide bonds. The second-order valence-corrected chi connectivity index (χ2v) is 17.1. The molecule has 2 aliphatic rings. The van der Waals surface area contributed by atoms with Crippen molar-refractivity contribution in [1.29, 1.82) is 5.26 Å². The first-order chi connectivity index (χ1) is 32.2. The lowest BCUT2D eigenvalue weighted by Crippen LogP contribution is -2.58. The third-order valence-electron chi connectivity index (χ3n) is 13.5. The molecule has 2 aliphatic heterocycles. The Balaban J connectivity index is 1.13. The van der Waals surface area contributed by atoms with Crippen LogP contribution in [0.5, 0.6) is 11.5 Å². The number of rotatable bonds is 6. The summed E-state index contributed by atoms with van der Waals surface area (Å²) in [5, 5.41) is 12.1. The number of aromatic nitrogens is 1. The van der Waals surface area contributed by atoms with E-state index < -0.39 is 0 Å². The van der Waals surface area contributed by atoms with Crippen LogP contribution in [0, 0.1) is 11.3 Å². The molecule has 0 atom stereocenters. The minimum absolute atomic E-state index is 0.106. The molecule has 3 heterocycles. The molecule has 1 aromatic heterocycles. The highest BCUT2D eigenvalue weighted by molar-refractivity contribution is 6.99. The molecule has 11 aromatic rings. The first-order valence-electron chi connectivity index (χ1n) is 22.2. The third kappa shape index (κ3) is 5.91. The van der Waals surface area contributed by atoms with Gasteiger partial charge in [-0.25, -0.2) is 0 Å². The van der Waals surface area contributed by atoms with Gasteiger partial charge in [0.2, 0.25) is 0 Å². The Morgan fingerprint density at radius 3 is 1.55 bits per heavy atom. The molecule has 0 bridgehead atoms. The molecule has 0 saturated carbocycles. The van der Waals surface area contributed by atoms with Gasteiger partial charge in [0.15, 0.2) is 0 Å². The highest BCUT2D eigenvalue weighted by Crippen LogP contribution is 2.44. The van der Waals surface area contributed by atoms with Crippen LogP contribution in [0.15, 0.2) is 224 Å². The van der Waals surface area contributed by atoms with Gasteiger partial charge in [0.05, 0.1) is 17.1 Å². The van der Waals surface area contributed by atoms with Crippen molar-refractivity contribution in [3.8, 4) is 90.0 Å².